The molecule has 2 aliphatic carbocycles. The van der Waals surface area contributed by atoms with Gasteiger partial charge >= 0.3 is 0 Å². The van der Waals surface area contributed by atoms with Crippen LogP contribution in [0.2, 0.25) is 0 Å². The number of Topliss-reactive ketones (excluding diaryl/α,β-unsaturated/α-hetero) is 1. The van der Waals surface area contributed by atoms with Crippen molar-refractivity contribution >= 4 is 5.78 Å². The summed E-state index contributed by atoms with van der Waals surface area (Å²) in [5.41, 5.74) is 7.94. The van der Waals surface area contributed by atoms with Gasteiger partial charge in [0.1, 0.15) is 30.5 Å². The monoisotopic (exact) mass is 744 g/mol. The summed E-state index contributed by atoms with van der Waals surface area (Å²) in [4.78, 5) is 12.3. The van der Waals surface area contributed by atoms with Gasteiger partial charge < -0.3 is 35.0 Å². The Balaban J connectivity index is 1.53. The van der Waals surface area contributed by atoms with Crippen molar-refractivity contribution in [3.8, 4) is 0 Å². The van der Waals surface area contributed by atoms with E-state index >= 15 is 0 Å². The molecule has 54 heavy (non-hydrogen) atoms. The zero-order chi connectivity index (χ0) is 40.4. The maximum Gasteiger partial charge on any atom is 0.187 e. The van der Waals surface area contributed by atoms with Gasteiger partial charge in [0, 0.05) is 0 Å². The average molecular weight is 745 g/mol. The van der Waals surface area contributed by atoms with Gasteiger partial charge in [0.05, 0.1) is 12.7 Å². The molecule has 1 saturated heterocycles. The zero-order valence-electron chi connectivity index (χ0n) is 33.9. The number of rotatable bonds is 13. The largest absolute Gasteiger partial charge is 0.394 e. The number of allylic oxidation sites excluding steroid dienone is 20. The number of aliphatic hydroxyl groups excluding tert-OH is 5. The summed E-state index contributed by atoms with van der Waals surface area (Å²) in [6, 6.07) is 0. The van der Waals surface area contributed by atoms with E-state index < -0.39 is 43.4 Å². The molecule has 0 bridgehead atoms. The SMILES string of the molecule is CC1=C(/C=C/C(C)=C/C=C/C(C)=C/C=C/C=C(C)/C=C/C=C(C)/C=C/C2=C(C)C(=O)[C@@H](O)CC2(C)C)C(C)(C)C[C@H](O[C@@H]2O[C@H](CO)[C@@H](O)[C@H](O)[C@H]2O)C1. The second-order valence-electron chi connectivity index (χ2n) is 16.4. The predicted octanol–water partition coefficient (Wildman–Crippen LogP) is 7.55. The summed E-state index contributed by atoms with van der Waals surface area (Å²) in [5.74, 6) is -0.181. The molecule has 0 radical (unpaired) electrons. The number of ketones is 1. The van der Waals surface area contributed by atoms with Crippen LogP contribution in [0.15, 0.2) is 130 Å². The molecule has 8 heteroatoms. The lowest BCUT2D eigenvalue weighted by atomic mass is 9.71. The molecule has 0 unspecified atom stereocenters. The normalized spacial score (nSPS) is 30.8. The standard InChI is InChI=1S/C46H64O8/c1-29(15-11-12-16-30(2)18-14-20-32(4)22-24-37-34(6)40(49)38(48)27-46(37,9)10)17-13-19-31(3)21-23-36-33(5)25-35(26-45(36,7)8)53-44-43(52)42(51)41(50)39(28-47)54-44/h11-24,35,38-39,41-44,47-48,50-52H,25-28H2,1-10H3/b12-11+,17-13+,18-14+,23-21+,24-22+,29-15+,30-16+,31-19+,32-20+/t35-,38+,39-,41-,42+,43-,44-/m1/s1. The number of hydrogen-bond donors (Lipinski definition) is 5. The van der Waals surface area contributed by atoms with Gasteiger partial charge in [-0.2, -0.15) is 0 Å². The van der Waals surface area contributed by atoms with Crippen molar-refractivity contribution < 1.29 is 39.8 Å². The van der Waals surface area contributed by atoms with Crippen molar-refractivity contribution in [3.63, 3.8) is 0 Å². The Bertz CT molecular complexity index is 1680. The molecule has 0 aromatic heterocycles. The van der Waals surface area contributed by atoms with E-state index in [1.165, 1.54) is 11.1 Å². The van der Waals surface area contributed by atoms with E-state index in [2.05, 4.69) is 97.9 Å². The fourth-order valence-corrected chi connectivity index (χ4v) is 7.31. The smallest absolute Gasteiger partial charge is 0.187 e. The molecule has 1 fully saturated rings. The first-order valence-corrected chi connectivity index (χ1v) is 18.9. The fraction of sp³-hybridized carbons (Fsp3) is 0.500. The van der Waals surface area contributed by atoms with Gasteiger partial charge in [0.25, 0.3) is 0 Å². The molecule has 0 spiro atoms. The van der Waals surface area contributed by atoms with E-state index in [0.29, 0.717) is 24.8 Å². The van der Waals surface area contributed by atoms with Gasteiger partial charge in [-0.15, -0.1) is 0 Å². The molecule has 296 valence electrons. The van der Waals surface area contributed by atoms with Crippen molar-refractivity contribution in [1.29, 1.82) is 0 Å². The number of aliphatic hydroxyl groups is 5. The molecule has 0 aromatic rings. The maximum absolute atomic E-state index is 12.3. The van der Waals surface area contributed by atoms with Gasteiger partial charge in [-0.05, 0) is 88.4 Å². The number of ether oxygens (including phenoxy) is 2. The molecule has 0 aromatic carbocycles. The van der Waals surface area contributed by atoms with Gasteiger partial charge in [-0.1, -0.05) is 141 Å². The summed E-state index contributed by atoms with van der Waals surface area (Å²) in [6.07, 6.45) is 22.9. The summed E-state index contributed by atoms with van der Waals surface area (Å²) in [6.45, 7) is 20.0. The zero-order valence-corrected chi connectivity index (χ0v) is 33.9. The Morgan fingerprint density at radius 1 is 0.704 bits per heavy atom. The lowest BCUT2D eigenvalue weighted by molar-refractivity contribution is -0.313. The quantitative estimate of drug-likeness (QED) is 0.122. The third-order valence-electron chi connectivity index (χ3n) is 10.4. The Hall–Kier alpha value is -3.47. The van der Waals surface area contributed by atoms with Gasteiger partial charge in [0.2, 0.25) is 0 Å². The average Bonchev–Trinajstić information content (AvgIpc) is 3.08. The summed E-state index contributed by atoms with van der Waals surface area (Å²) in [5, 5.41) is 50.2. The van der Waals surface area contributed by atoms with E-state index in [-0.39, 0.29) is 22.7 Å². The lowest BCUT2D eigenvalue weighted by Gasteiger charge is -2.43. The predicted molar refractivity (Wildman–Crippen MR) is 217 cm³/mol. The van der Waals surface area contributed by atoms with Crippen molar-refractivity contribution in [2.75, 3.05) is 6.61 Å². The molecule has 1 aliphatic heterocycles. The third kappa shape index (κ3) is 12.5. The number of carbonyl (C=O) groups excluding carboxylic acids is 1. The van der Waals surface area contributed by atoms with E-state index in [1.807, 2.05) is 49.5 Å². The van der Waals surface area contributed by atoms with Crippen LogP contribution in [0.4, 0.5) is 0 Å². The Kier molecular flexibility index (Phi) is 16.6. The Morgan fingerprint density at radius 2 is 1.19 bits per heavy atom. The fourth-order valence-electron chi connectivity index (χ4n) is 7.31. The molecule has 3 rings (SSSR count). The minimum Gasteiger partial charge on any atom is -0.394 e. The molecule has 8 nitrogen and oxygen atoms in total. The highest BCUT2D eigenvalue weighted by atomic mass is 16.7. The van der Waals surface area contributed by atoms with Crippen LogP contribution in [0.5, 0.6) is 0 Å². The van der Waals surface area contributed by atoms with Crippen LogP contribution in [0.3, 0.4) is 0 Å². The first kappa shape index (κ1) is 44.9. The van der Waals surface area contributed by atoms with Crippen LogP contribution in [-0.2, 0) is 14.3 Å². The number of hydrogen-bond acceptors (Lipinski definition) is 8. The Morgan fingerprint density at radius 3 is 1.70 bits per heavy atom. The van der Waals surface area contributed by atoms with Crippen molar-refractivity contribution in [3.05, 3.63) is 130 Å². The molecule has 3 aliphatic rings. The highest BCUT2D eigenvalue weighted by Gasteiger charge is 2.46. The second kappa shape index (κ2) is 19.9. The minimum absolute atomic E-state index is 0.181. The topological polar surface area (TPSA) is 137 Å². The van der Waals surface area contributed by atoms with E-state index in [9.17, 15) is 30.3 Å². The first-order valence-electron chi connectivity index (χ1n) is 18.9. The first-order chi connectivity index (χ1) is 25.3. The summed E-state index contributed by atoms with van der Waals surface area (Å²) in [7, 11) is 0. The molecular weight excluding hydrogens is 680 g/mol. The van der Waals surface area contributed by atoms with Gasteiger partial charge in [0.15, 0.2) is 12.1 Å². The van der Waals surface area contributed by atoms with Crippen LogP contribution in [0.25, 0.3) is 0 Å². The highest BCUT2D eigenvalue weighted by Crippen LogP contribution is 2.43. The van der Waals surface area contributed by atoms with Crippen molar-refractivity contribution in [2.24, 2.45) is 10.8 Å². The second-order valence-corrected chi connectivity index (χ2v) is 16.4. The van der Waals surface area contributed by atoms with E-state index in [0.717, 1.165) is 27.9 Å². The maximum atomic E-state index is 12.3. The highest BCUT2D eigenvalue weighted by molar-refractivity contribution is 6.00. The number of carbonyl (C=O) groups is 1. The van der Waals surface area contributed by atoms with Crippen LogP contribution in [0.1, 0.15) is 88.5 Å². The summed E-state index contributed by atoms with van der Waals surface area (Å²) < 4.78 is 11.7. The molecule has 0 amide bonds. The van der Waals surface area contributed by atoms with Crippen molar-refractivity contribution in [1.82, 2.24) is 0 Å². The van der Waals surface area contributed by atoms with Gasteiger partial charge in [-0.25, -0.2) is 0 Å². The molecule has 7 atom stereocenters. The van der Waals surface area contributed by atoms with Gasteiger partial charge in [-0.3, -0.25) is 4.79 Å². The molecular formula is C46H64O8. The van der Waals surface area contributed by atoms with Crippen LogP contribution in [-0.4, -0.2) is 80.8 Å². The third-order valence-corrected chi connectivity index (χ3v) is 10.4. The minimum atomic E-state index is -1.46. The summed E-state index contributed by atoms with van der Waals surface area (Å²) >= 11 is 0. The van der Waals surface area contributed by atoms with Crippen LogP contribution in [0, 0.1) is 10.8 Å². The van der Waals surface area contributed by atoms with Crippen LogP contribution >= 0.6 is 0 Å². The molecule has 5 N–H and O–H groups in total. The van der Waals surface area contributed by atoms with E-state index in [1.54, 1.807) is 6.92 Å². The molecule has 0 saturated carbocycles. The van der Waals surface area contributed by atoms with Crippen molar-refractivity contribution in [2.45, 2.75) is 131 Å². The molecule has 1 heterocycles. The lowest BCUT2D eigenvalue weighted by Crippen LogP contribution is -2.59. The van der Waals surface area contributed by atoms with E-state index in [4.69, 9.17) is 9.47 Å². The Labute approximate surface area is 323 Å². The van der Waals surface area contributed by atoms with Crippen LogP contribution < -0.4 is 0 Å².